The standard InChI is InChI=1S/C12H23O.C2H6O4S.Na/c1-2-3-4-5-6-7-8-9-10-11-12-13;3-1-2-7(4,5)6;/h2-11H2,1H3;3H,1-2H2,(H,4,5,6);/q-1;;+1. The zero-order valence-corrected chi connectivity index (χ0v) is 16.3. The first kappa shape index (κ1) is 26.4. The molecule has 0 unspecified atom stereocenters. The molecular weight excluding hydrogens is 303 g/mol. The molecule has 0 heterocycles. The number of carbonyl (C=O) groups excluding carboxylic acids is 1. The molecule has 2 N–H and O–H groups in total. The van der Waals surface area contributed by atoms with Crippen molar-refractivity contribution in [3.8, 4) is 0 Å². The molecule has 0 aliphatic rings. The molecule has 0 bridgehead atoms. The van der Waals surface area contributed by atoms with Crippen LogP contribution in [0.25, 0.3) is 0 Å². The van der Waals surface area contributed by atoms with Crippen molar-refractivity contribution in [2.75, 3.05) is 12.4 Å². The second kappa shape index (κ2) is 20.5. The van der Waals surface area contributed by atoms with Crippen LogP contribution in [0.15, 0.2) is 0 Å². The fourth-order valence-electron chi connectivity index (χ4n) is 1.62. The van der Waals surface area contributed by atoms with Crippen LogP contribution in [0.3, 0.4) is 0 Å². The Morgan fingerprint density at radius 3 is 1.62 bits per heavy atom. The molecule has 0 saturated heterocycles. The zero-order valence-electron chi connectivity index (χ0n) is 13.5. The van der Waals surface area contributed by atoms with Crippen molar-refractivity contribution in [2.45, 2.75) is 71.1 Å². The Kier molecular flexibility index (Phi) is 25.9. The molecule has 0 rings (SSSR count). The maximum atomic E-state index is 9.89. The fourth-order valence-corrected chi connectivity index (χ4v) is 1.85. The van der Waals surface area contributed by atoms with Crippen LogP contribution in [-0.4, -0.2) is 36.7 Å². The van der Waals surface area contributed by atoms with Crippen LogP contribution in [0, 0.1) is 0 Å². The monoisotopic (exact) mass is 332 g/mol. The van der Waals surface area contributed by atoms with Gasteiger partial charge in [0.15, 0.2) is 0 Å². The number of unbranched alkanes of at least 4 members (excludes halogenated alkanes) is 9. The molecule has 0 aromatic heterocycles. The molecule has 0 saturated carbocycles. The summed E-state index contributed by atoms with van der Waals surface area (Å²) in [6.07, 6.45) is 14.4. The molecular formula is C14H29NaO5S. The smallest absolute Gasteiger partial charge is 0.542 e. The summed E-state index contributed by atoms with van der Waals surface area (Å²) in [5.74, 6) is -0.576. The van der Waals surface area contributed by atoms with E-state index in [-0.39, 0.29) is 29.6 Å². The topological polar surface area (TPSA) is 91.7 Å². The van der Waals surface area contributed by atoms with Crippen LogP contribution in [-0.2, 0) is 14.9 Å². The van der Waals surface area contributed by atoms with E-state index in [0.717, 1.165) is 6.42 Å². The number of hydrogen-bond donors (Lipinski definition) is 2. The fraction of sp³-hybridized carbons (Fsp3) is 0.929. The summed E-state index contributed by atoms with van der Waals surface area (Å²) in [4.78, 5) is 9.89. The number of aliphatic hydroxyl groups excluding tert-OH is 1. The minimum absolute atomic E-state index is 0. The first-order valence-electron chi connectivity index (χ1n) is 7.39. The van der Waals surface area contributed by atoms with Crippen molar-refractivity contribution in [1.29, 1.82) is 0 Å². The average Bonchev–Trinajstić information content (AvgIpc) is 2.36. The van der Waals surface area contributed by atoms with E-state index in [0.29, 0.717) is 6.42 Å². The molecule has 0 radical (unpaired) electrons. The molecule has 122 valence electrons. The predicted octanol–water partition coefficient (Wildman–Crippen LogP) is -0.112. The number of aliphatic hydroxyl groups is 1. The Hall–Kier alpha value is 0.540. The van der Waals surface area contributed by atoms with E-state index in [1.807, 2.05) is 6.29 Å². The third-order valence-electron chi connectivity index (χ3n) is 2.73. The van der Waals surface area contributed by atoms with Crippen LogP contribution < -0.4 is 29.6 Å². The SMILES string of the molecule is CCCCCCCCCCC[C-]=O.O=S(=O)(O)CCO.[Na+]. The Bertz CT molecular complexity index is 294. The van der Waals surface area contributed by atoms with Gasteiger partial charge in [0, 0.05) is 0 Å². The van der Waals surface area contributed by atoms with Crippen molar-refractivity contribution < 1.29 is 52.4 Å². The van der Waals surface area contributed by atoms with Crippen LogP contribution in [0.4, 0.5) is 0 Å². The molecule has 0 spiro atoms. The summed E-state index contributed by atoms with van der Waals surface area (Å²) in [7, 11) is -3.92. The van der Waals surface area contributed by atoms with Gasteiger partial charge in [-0.2, -0.15) is 14.8 Å². The van der Waals surface area contributed by atoms with Gasteiger partial charge in [-0.05, 0) is 0 Å². The minimum Gasteiger partial charge on any atom is -0.542 e. The summed E-state index contributed by atoms with van der Waals surface area (Å²) in [5.41, 5.74) is 0. The van der Waals surface area contributed by atoms with E-state index in [2.05, 4.69) is 6.92 Å². The third-order valence-corrected chi connectivity index (χ3v) is 3.43. The second-order valence-electron chi connectivity index (χ2n) is 4.73. The number of rotatable bonds is 12. The largest absolute Gasteiger partial charge is 1.00 e. The van der Waals surface area contributed by atoms with Gasteiger partial charge in [0.05, 0.1) is 12.4 Å². The van der Waals surface area contributed by atoms with Gasteiger partial charge in [-0.15, -0.1) is 0 Å². The quantitative estimate of drug-likeness (QED) is 0.225. The van der Waals surface area contributed by atoms with Crippen molar-refractivity contribution >= 4 is 16.4 Å². The van der Waals surface area contributed by atoms with Crippen LogP contribution in [0.5, 0.6) is 0 Å². The first-order chi connectivity index (χ1) is 9.47. The van der Waals surface area contributed by atoms with E-state index in [1.165, 1.54) is 51.4 Å². The van der Waals surface area contributed by atoms with Gasteiger partial charge in [-0.25, -0.2) is 0 Å². The Morgan fingerprint density at radius 2 is 1.33 bits per heavy atom. The minimum atomic E-state index is -3.92. The van der Waals surface area contributed by atoms with Gasteiger partial charge in [0.1, 0.15) is 0 Å². The van der Waals surface area contributed by atoms with E-state index in [4.69, 9.17) is 9.66 Å². The molecule has 7 heteroatoms. The van der Waals surface area contributed by atoms with Crippen LogP contribution >= 0.6 is 0 Å². The van der Waals surface area contributed by atoms with Gasteiger partial charge in [-0.3, -0.25) is 10.8 Å². The molecule has 0 aliphatic heterocycles. The Labute approximate surface area is 151 Å². The molecule has 0 amide bonds. The Balaban J connectivity index is -0.000000347. The Morgan fingerprint density at radius 1 is 0.905 bits per heavy atom. The zero-order chi connectivity index (χ0) is 15.7. The molecule has 0 aromatic carbocycles. The maximum Gasteiger partial charge on any atom is 1.00 e. The maximum absolute atomic E-state index is 9.89. The van der Waals surface area contributed by atoms with Crippen molar-refractivity contribution in [2.24, 2.45) is 0 Å². The van der Waals surface area contributed by atoms with Crippen molar-refractivity contribution in [1.82, 2.24) is 0 Å². The number of hydrogen-bond acceptors (Lipinski definition) is 4. The van der Waals surface area contributed by atoms with Crippen LogP contribution in [0.2, 0.25) is 0 Å². The van der Waals surface area contributed by atoms with E-state index < -0.39 is 22.5 Å². The van der Waals surface area contributed by atoms with Gasteiger partial charge in [-0.1, -0.05) is 64.7 Å². The summed E-state index contributed by atoms with van der Waals surface area (Å²) in [6, 6.07) is 0. The van der Waals surface area contributed by atoms with Crippen molar-refractivity contribution in [3.05, 3.63) is 0 Å². The summed E-state index contributed by atoms with van der Waals surface area (Å²) < 4.78 is 27.1. The van der Waals surface area contributed by atoms with Gasteiger partial charge in [0.2, 0.25) is 0 Å². The molecule has 0 aromatic rings. The normalized spacial score (nSPS) is 10.2. The molecule has 21 heavy (non-hydrogen) atoms. The van der Waals surface area contributed by atoms with Gasteiger partial charge < -0.3 is 9.90 Å². The van der Waals surface area contributed by atoms with E-state index in [1.54, 1.807) is 0 Å². The van der Waals surface area contributed by atoms with E-state index >= 15 is 0 Å². The van der Waals surface area contributed by atoms with Gasteiger partial charge in [0.25, 0.3) is 10.1 Å². The average molecular weight is 332 g/mol. The predicted molar refractivity (Wildman–Crippen MR) is 81.0 cm³/mol. The molecule has 0 aliphatic carbocycles. The molecule has 0 atom stereocenters. The van der Waals surface area contributed by atoms with Crippen molar-refractivity contribution in [3.63, 3.8) is 0 Å². The second-order valence-corrected chi connectivity index (χ2v) is 6.30. The summed E-state index contributed by atoms with van der Waals surface area (Å²) in [5, 5.41) is 7.86. The van der Waals surface area contributed by atoms with Gasteiger partial charge >= 0.3 is 29.6 Å². The molecule has 0 fully saturated rings. The first-order valence-corrected chi connectivity index (χ1v) is 8.99. The summed E-state index contributed by atoms with van der Waals surface area (Å²) in [6.45, 7) is 1.72. The molecule has 5 nitrogen and oxygen atoms in total. The van der Waals surface area contributed by atoms with E-state index in [9.17, 15) is 13.2 Å². The van der Waals surface area contributed by atoms with Crippen LogP contribution in [0.1, 0.15) is 71.1 Å². The third kappa shape index (κ3) is 33.4. The summed E-state index contributed by atoms with van der Waals surface area (Å²) >= 11 is 0.